The van der Waals surface area contributed by atoms with Crippen LogP contribution in [0.5, 0.6) is 0 Å². The molecule has 0 aliphatic carbocycles. The van der Waals surface area contributed by atoms with E-state index in [-0.39, 0.29) is 5.78 Å². The van der Waals surface area contributed by atoms with Crippen LogP contribution in [0, 0.1) is 6.92 Å². The molecule has 0 radical (unpaired) electrons. The number of Topliss-reactive ketones (excluding diaryl/α,β-unsaturated/α-hetero) is 1. The van der Waals surface area contributed by atoms with Gasteiger partial charge in [-0.2, -0.15) is 0 Å². The summed E-state index contributed by atoms with van der Waals surface area (Å²) in [6.45, 7) is 6.22. The molecule has 1 aromatic rings. The molecule has 0 amide bonds. The molecule has 0 bridgehead atoms. The molecular formula is C13H18ClN3O. The zero-order valence-corrected chi connectivity index (χ0v) is 11.6. The van der Waals surface area contributed by atoms with Crippen molar-refractivity contribution in [2.45, 2.75) is 6.92 Å². The number of aromatic nitrogens is 1. The summed E-state index contributed by atoms with van der Waals surface area (Å²) < 4.78 is 0. The predicted molar refractivity (Wildman–Crippen MR) is 72.3 cm³/mol. The summed E-state index contributed by atoms with van der Waals surface area (Å²) >= 11 is 5.79. The average molecular weight is 268 g/mol. The second-order valence-corrected chi connectivity index (χ2v) is 5.16. The van der Waals surface area contributed by atoms with E-state index < -0.39 is 0 Å². The fourth-order valence-corrected chi connectivity index (χ4v) is 2.31. The van der Waals surface area contributed by atoms with Gasteiger partial charge in [-0.05, 0) is 26.1 Å². The minimum absolute atomic E-state index is 0.126. The van der Waals surface area contributed by atoms with Gasteiger partial charge in [0.15, 0.2) is 5.78 Å². The molecule has 0 aromatic carbocycles. The van der Waals surface area contributed by atoms with Crippen molar-refractivity contribution in [3.05, 3.63) is 28.5 Å². The van der Waals surface area contributed by atoms with Crippen LogP contribution in [-0.2, 0) is 0 Å². The van der Waals surface area contributed by atoms with Crippen molar-refractivity contribution in [2.75, 3.05) is 39.8 Å². The molecule has 5 heteroatoms. The topological polar surface area (TPSA) is 36.4 Å². The van der Waals surface area contributed by atoms with E-state index in [0.29, 0.717) is 23.0 Å². The summed E-state index contributed by atoms with van der Waals surface area (Å²) in [7, 11) is 2.10. The van der Waals surface area contributed by atoms with Crippen LogP contribution >= 0.6 is 11.6 Å². The molecule has 1 aliphatic rings. The van der Waals surface area contributed by atoms with Crippen molar-refractivity contribution < 1.29 is 4.79 Å². The van der Waals surface area contributed by atoms with E-state index in [1.807, 2.05) is 6.92 Å². The van der Waals surface area contributed by atoms with Crippen LogP contribution in [0.1, 0.15) is 16.1 Å². The molecule has 0 N–H and O–H groups in total. The minimum Gasteiger partial charge on any atom is -0.304 e. The first-order valence-corrected chi connectivity index (χ1v) is 6.51. The number of hydrogen-bond acceptors (Lipinski definition) is 4. The number of carbonyl (C=O) groups excluding carboxylic acids is 1. The van der Waals surface area contributed by atoms with Crippen LogP contribution in [-0.4, -0.2) is 60.3 Å². The Morgan fingerprint density at radius 1 is 1.33 bits per heavy atom. The number of hydrogen-bond donors (Lipinski definition) is 0. The van der Waals surface area contributed by atoms with E-state index in [1.54, 1.807) is 12.1 Å². The van der Waals surface area contributed by atoms with Crippen molar-refractivity contribution in [2.24, 2.45) is 0 Å². The lowest BCUT2D eigenvalue weighted by molar-refractivity contribution is 0.0875. The Labute approximate surface area is 113 Å². The fraction of sp³-hybridized carbons (Fsp3) is 0.538. The van der Waals surface area contributed by atoms with Gasteiger partial charge in [-0.3, -0.25) is 9.69 Å². The van der Waals surface area contributed by atoms with Gasteiger partial charge in [-0.15, -0.1) is 0 Å². The molecular weight excluding hydrogens is 250 g/mol. The van der Waals surface area contributed by atoms with Crippen LogP contribution in [0.2, 0.25) is 5.15 Å². The van der Waals surface area contributed by atoms with E-state index in [2.05, 4.69) is 21.8 Å². The molecule has 4 nitrogen and oxygen atoms in total. The van der Waals surface area contributed by atoms with Gasteiger partial charge in [0.2, 0.25) is 0 Å². The first-order valence-electron chi connectivity index (χ1n) is 6.13. The lowest BCUT2D eigenvalue weighted by Gasteiger charge is -2.31. The smallest absolute Gasteiger partial charge is 0.178 e. The van der Waals surface area contributed by atoms with Crippen molar-refractivity contribution >= 4 is 17.4 Å². The van der Waals surface area contributed by atoms with Crippen LogP contribution in [0.25, 0.3) is 0 Å². The number of ketones is 1. The summed E-state index contributed by atoms with van der Waals surface area (Å²) in [6, 6.07) is 3.44. The van der Waals surface area contributed by atoms with Gasteiger partial charge in [0.1, 0.15) is 5.15 Å². The van der Waals surface area contributed by atoms with E-state index >= 15 is 0 Å². The summed E-state index contributed by atoms with van der Waals surface area (Å²) in [5, 5.41) is 0.434. The number of aryl methyl sites for hydroxylation is 1. The molecule has 0 atom stereocenters. The highest BCUT2D eigenvalue weighted by Crippen LogP contribution is 2.12. The lowest BCUT2D eigenvalue weighted by Crippen LogP contribution is -2.46. The Hall–Kier alpha value is -0.970. The van der Waals surface area contributed by atoms with Crippen molar-refractivity contribution in [1.29, 1.82) is 0 Å². The zero-order valence-electron chi connectivity index (χ0n) is 10.8. The van der Waals surface area contributed by atoms with Gasteiger partial charge in [-0.25, -0.2) is 4.98 Å². The Balaban J connectivity index is 1.99. The molecule has 1 saturated heterocycles. The number of piperazine rings is 1. The number of likely N-dealkylation sites (N-methyl/N-ethyl adjacent to an activating group) is 1. The van der Waals surface area contributed by atoms with Crippen molar-refractivity contribution in [1.82, 2.24) is 14.8 Å². The molecule has 98 valence electrons. The maximum absolute atomic E-state index is 12.2. The van der Waals surface area contributed by atoms with Gasteiger partial charge in [0, 0.05) is 37.4 Å². The van der Waals surface area contributed by atoms with E-state index in [0.717, 1.165) is 26.2 Å². The number of rotatable bonds is 3. The van der Waals surface area contributed by atoms with Gasteiger partial charge in [-0.1, -0.05) is 11.6 Å². The number of carbonyl (C=O) groups is 1. The maximum Gasteiger partial charge on any atom is 0.178 e. The Morgan fingerprint density at radius 2 is 2.00 bits per heavy atom. The number of pyridine rings is 1. The quantitative estimate of drug-likeness (QED) is 0.614. The Kier molecular flexibility index (Phi) is 4.32. The summed E-state index contributed by atoms with van der Waals surface area (Å²) in [5.74, 6) is 0.126. The highest BCUT2D eigenvalue weighted by atomic mass is 35.5. The van der Waals surface area contributed by atoms with E-state index in [1.165, 1.54) is 0 Å². The SMILES string of the molecule is Cc1nc(Cl)ccc1C(=O)CN1CCN(C)CC1. The maximum atomic E-state index is 12.2. The molecule has 0 saturated carbocycles. The van der Waals surface area contributed by atoms with Crippen LogP contribution in [0.4, 0.5) is 0 Å². The predicted octanol–water partition coefficient (Wildman–Crippen LogP) is 1.47. The van der Waals surface area contributed by atoms with E-state index in [4.69, 9.17) is 11.6 Å². The fourth-order valence-electron chi connectivity index (χ4n) is 2.12. The first-order chi connectivity index (χ1) is 8.56. The average Bonchev–Trinajstić information content (AvgIpc) is 2.32. The third-order valence-electron chi connectivity index (χ3n) is 3.32. The van der Waals surface area contributed by atoms with Gasteiger partial charge in [0.25, 0.3) is 0 Å². The first kappa shape index (κ1) is 13.5. The van der Waals surface area contributed by atoms with Gasteiger partial charge in [0.05, 0.1) is 6.54 Å². The summed E-state index contributed by atoms with van der Waals surface area (Å²) in [4.78, 5) is 20.8. The van der Waals surface area contributed by atoms with Crippen molar-refractivity contribution in [3.8, 4) is 0 Å². The van der Waals surface area contributed by atoms with Crippen molar-refractivity contribution in [3.63, 3.8) is 0 Å². The second kappa shape index (κ2) is 5.78. The molecule has 2 rings (SSSR count). The number of nitrogens with zero attached hydrogens (tertiary/aromatic N) is 3. The molecule has 0 unspecified atom stereocenters. The van der Waals surface area contributed by atoms with Gasteiger partial charge < -0.3 is 4.90 Å². The normalized spacial score (nSPS) is 17.9. The van der Waals surface area contributed by atoms with Crippen LogP contribution in [0.15, 0.2) is 12.1 Å². The summed E-state index contributed by atoms with van der Waals surface area (Å²) in [6.07, 6.45) is 0. The van der Waals surface area contributed by atoms with Crippen LogP contribution < -0.4 is 0 Å². The minimum atomic E-state index is 0.126. The Morgan fingerprint density at radius 3 is 2.61 bits per heavy atom. The lowest BCUT2D eigenvalue weighted by atomic mass is 10.1. The standard InChI is InChI=1S/C13H18ClN3O/c1-10-11(3-4-13(14)15-10)12(18)9-17-7-5-16(2)6-8-17/h3-4H,5-9H2,1-2H3. The van der Waals surface area contributed by atoms with Crippen LogP contribution in [0.3, 0.4) is 0 Å². The monoisotopic (exact) mass is 267 g/mol. The molecule has 0 spiro atoms. The molecule has 18 heavy (non-hydrogen) atoms. The van der Waals surface area contributed by atoms with E-state index in [9.17, 15) is 4.79 Å². The summed E-state index contributed by atoms with van der Waals surface area (Å²) in [5.41, 5.74) is 1.39. The molecule has 1 aliphatic heterocycles. The second-order valence-electron chi connectivity index (χ2n) is 4.77. The molecule has 1 fully saturated rings. The Bertz CT molecular complexity index is 442. The largest absolute Gasteiger partial charge is 0.304 e. The molecule has 2 heterocycles. The third kappa shape index (κ3) is 3.28. The molecule has 1 aromatic heterocycles. The number of halogens is 1. The third-order valence-corrected chi connectivity index (χ3v) is 3.53. The van der Waals surface area contributed by atoms with Gasteiger partial charge >= 0.3 is 0 Å². The highest BCUT2D eigenvalue weighted by Gasteiger charge is 2.18. The highest BCUT2D eigenvalue weighted by molar-refractivity contribution is 6.29. The zero-order chi connectivity index (χ0) is 13.1.